The number of rotatable bonds is 0. The van der Waals surface area contributed by atoms with Gasteiger partial charge in [0.25, 0.3) is 0 Å². The number of halogens is 1. The van der Waals surface area contributed by atoms with Crippen LogP contribution < -0.4 is 0 Å². The van der Waals surface area contributed by atoms with E-state index in [1.807, 2.05) is 11.8 Å². The summed E-state index contributed by atoms with van der Waals surface area (Å²) in [4.78, 5) is 1.37. The van der Waals surface area contributed by atoms with Crippen LogP contribution in [0.5, 0.6) is 0 Å². The van der Waals surface area contributed by atoms with Gasteiger partial charge in [0.1, 0.15) is 0 Å². The van der Waals surface area contributed by atoms with E-state index in [9.17, 15) is 0 Å². The summed E-state index contributed by atoms with van der Waals surface area (Å²) >= 11 is 8.63. The van der Waals surface area contributed by atoms with Gasteiger partial charge in [0, 0.05) is 21.1 Å². The van der Waals surface area contributed by atoms with Crippen molar-refractivity contribution in [1.29, 1.82) is 0 Å². The van der Waals surface area contributed by atoms with Crippen LogP contribution in [0, 0.1) is 0 Å². The minimum absolute atomic E-state index is 0.293. The Kier molecular flexibility index (Phi) is 2.70. The van der Waals surface area contributed by atoms with Crippen molar-refractivity contribution in [2.75, 3.05) is 0 Å². The third kappa shape index (κ3) is 1.67. The second-order valence-corrected chi connectivity index (χ2v) is 7.49. The molecule has 0 saturated heterocycles. The highest BCUT2D eigenvalue weighted by molar-refractivity contribution is 8.00. The molecule has 0 N–H and O–H groups in total. The molecule has 2 atom stereocenters. The monoisotopic (exact) mass is 320 g/mol. The number of thioether (sulfide) groups is 1. The number of hydrogen-bond acceptors (Lipinski definition) is 1. The van der Waals surface area contributed by atoms with Gasteiger partial charge in [-0.05, 0) is 39.6 Å². The normalized spacial score (nSPS) is 22.0. The molecule has 1 aliphatic carbocycles. The summed E-state index contributed by atoms with van der Waals surface area (Å²) in [6.45, 7) is 0. The lowest BCUT2D eigenvalue weighted by Crippen LogP contribution is -2.10. The Labute approximate surface area is 138 Å². The Balaban J connectivity index is 1.82. The van der Waals surface area contributed by atoms with E-state index in [1.54, 1.807) is 0 Å². The Bertz CT molecular complexity index is 941. The van der Waals surface area contributed by atoms with E-state index in [4.69, 9.17) is 11.6 Å². The van der Waals surface area contributed by atoms with Gasteiger partial charge in [-0.1, -0.05) is 66.2 Å². The Morgan fingerprint density at radius 1 is 0.864 bits per heavy atom. The molecular weight excluding hydrogens is 308 g/mol. The molecule has 0 aromatic heterocycles. The largest absolute Gasteiger partial charge is 0.117 e. The van der Waals surface area contributed by atoms with Gasteiger partial charge in [-0.2, -0.15) is 0 Å². The maximum Gasteiger partial charge on any atom is 0.0474 e. The number of allylic oxidation sites excluding steroid dienone is 1. The van der Waals surface area contributed by atoms with Crippen molar-refractivity contribution in [3.8, 4) is 0 Å². The van der Waals surface area contributed by atoms with E-state index in [1.165, 1.54) is 32.4 Å². The zero-order valence-electron chi connectivity index (χ0n) is 11.8. The standard InChI is InChI=1S/C20H13ClS/c21-16-11-13-10-9-12-5-1-2-6-14(12)18(13)20-19(16)15-7-3-4-8-17(15)22-20/h1-11,19-20H. The predicted molar refractivity (Wildman–Crippen MR) is 95.6 cm³/mol. The third-order valence-electron chi connectivity index (χ3n) is 4.69. The van der Waals surface area contributed by atoms with Gasteiger partial charge in [0.2, 0.25) is 0 Å². The SMILES string of the molecule is ClC1=Cc2ccc3ccccc3c2C2Sc3ccccc3C12. The van der Waals surface area contributed by atoms with Crippen LogP contribution in [0.4, 0.5) is 0 Å². The lowest BCUT2D eigenvalue weighted by Gasteiger charge is -2.27. The predicted octanol–water partition coefficient (Wildman–Crippen LogP) is 6.36. The molecule has 5 rings (SSSR count). The summed E-state index contributed by atoms with van der Waals surface area (Å²) in [5, 5.41) is 4.01. The smallest absolute Gasteiger partial charge is 0.0474 e. The van der Waals surface area contributed by atoms with Gasteiger partial charge in [-0.15, -0.1) is 11.8 Å². The average Bonchev–Trinajstić information content (AvgIpc) is 2.94. The van der Waals surface area contributed by atoms with E-state index in [2.05, 4.69) is 66.7 Å². The lowest BCUT2D eigenvalue weighted by molar-refractivity contribution is 0.810. The zero-order chi connectivity index (χ0) is 14.7. The minimum Gasteiger partial charge on any atom is -0.117 e. The fourth-order valence-corrected chi connectivity index (χ4v) is 5.73. The van der Waals surface area contributed by atoms with Crippen molar-refractivity contribution >= 4 is 40.2 Å². The maximum atomic E-state index is 6.67. The van der Waals surface area contributed by atoms with Crippen LogP contribution in [-0.4, -0.2) is 0 Å². The fourth-order valence-electron chi connectivity index (χ4n) is 3.73. The molecular formula is C20H13ClS. The summed E-state index contributed by atoms with van der Waals surface area (Å²) in [7, 11) is 0. The van der Waals surface area contributed by atoms with Gasteiger partial charge >= 0.3 is 0 Å². The van der Waals surface area contributed by atoms with Crippen LogP contribution in [0.1, 0.15) is 27.9 Å². The second kappa shape index (κ2) is 4.65. The highest BCUT2D eigenvalue weighted by Gasteiger charge is 2.40. The first kappa shape index (κ1) is 12.8. The first-order valence-corrected chi connectivity index (χ1v) is 8.73. The Hall–Kier alpha value is -1.70. The van der Waals surface area contributed by atoms with Gasteiger partial charge in [0.05, 0.1) is 0 Å². The molecule has 3 aromatic rings. The fraction of sp³-hybridized carbons (Fsp3) is 0.100. The lowest BCUT2D eigenvalue weighted by atomic mass is 9.82. The van der Waals surface area contributed by atoms with Gasteiger partial charge in [-0.3, -0.25) is 0 Å². The van der Waals surface area contributed by atoms with Gasteiger partial charge in [0.15, 0.2) is 0 Å². The van der Waals surface area contributed by atoms with Crippen molar-refractivity contribution in [3.05, 3.63) is 82.4 Å². The highest BCUT2D eigenvalue weighted by Crippen LogP contribution is 2.61. The molecule has 0 spiro atoms. The van der Waals surface area contributed by atoms with Crippen molar-refractivity contribution in [2.45, 2.75) is 16.1 Å². The number of hydrogen-bond donors (Lipinski definition) is 0. The summed E-state index contributed by atoms with van der Waals surface area (Å²) in [6.07, 6.45) is 2.16. The van der Waals surface area contributed by atoms with Crippen LogP contribution in [0.2, 0.25) is 0 Å². The zero-order valence-corrected chi connectivity index (χ0v) is 13.4. The van der Waals surface area contributed by atoms with Crippen molar-refractivity contribution < 1.29 is 0 Å². The van der Waals surface area contributed by atoms with Crippen LogP contribution in [0.15, 0.2) is 70.6 Å². The molecule has 1 aliphatic heterocycles. The molecule has 0 saturated carbocycles. The topological polar surface area (TPSA) is 0 Å². The van der Waals surface area contributed by atoms with Crippen LogP contribution >= 0.6 is 23.4 Å². The van der Waals surface area contributed by atoms with E-state index in [0.717, 1.165) is 5.03 Å². The van der Waals surface area contributed by atoms with Crippen LogP contribution in [0.25, 0.3) is 16.8 Å². The summed E-state index contributed by atoms with van der Waals surface area (Å²) in [5.74, 6) is 0.293. The van der Waals surface area contributed by atoms with E-state index in [0.29, 0.717) is 11.2 Å². The van der Waals surface area contributed by atoms with Gasteiger partial charge in [-0.25, -0.2) is 0 Å². The highest BCUT2D eigenvalue weighted by atomic mass is 35.5. The molecule has 0 fully saturated rings. The molecule has 22 heavy (non-hydrogen) atoms. The van der Waals surface area contributed by atoms with Crippen molar-refractivity contribution in [2.24, 2.45) is 0 Å². The van der Waals surface area contributed by atoms with E-state index >= 15 is 0 Å². The minimum atomic E-state index is 0.293. The third-order valence-corrected chi connectivity index (χ3v) is 6.42. The Morgan fingerprint density at radius 3 is 2.64 bits per heavy atom. The molecule has 0 radical (unpaired) electrons. The first-order chi connectivity index (χ1) is 10.8. The number of benzene rings is 3. The van der Waals surface area contributed by atoms with E-state index < -0.39 is 0 Å². The average molecular weight is 321 g/mol. The second-order valence-electron chi connectivity index (χ2n) is 5.87. The molecule has 2 aliphatic rings. The molecule has 2 heteroatoms. The molecule has 1 heterocycles. The molecule has 0 nitrogen and oxygen atoms in total. The summed E-state index contributed by atoms with van der Waals surface area (Å²) in [5.41, 5.74) is 4.08. The van der Waals surface area contributed by atoms with E-state index in [-0.39, 0.29) is 0 Å². The van der Waals surface area contributed by atoms with Gasteiger partial charge < -0.3 is 0 Å². The van der Waals surface area contributed by atoms with Crippen LogP contribution in [0.3, 0.4) is 0 Å². The van der Waals surface area contributed by atoms with Crippen molar-refractivity contribution in [3.63, 3.8) is 0 Å². The molecule has 3 aromatic carbocycles. The summed E-state index contributed by atoms with van der Waals surface area (Å²) in [6, 6.07) is 21.7. The van der Waals surface area contributed by atoms with Crippen LogP contribution in [-0.2, 0) is 0 Å². The summed E-state index contributed by atoms with van der Waals surface area (Å²) < 4.78 is 0. The quantitative estimate of drug-likeness (QED) is 0.464. The first-order valence-electron chi connectivity index (χ1n) is 7.47. The van der Waals surface area contributed by atoms with Crippen molar-refractivity contribution in [1.82, 2.24) is 0 Å². The number of fused-ring (bicyclic) bond motifs is 7. The molecule has 0 amide bonds. The maximum absolute atomic E-state index is 6.67. The Morgan fingerprint density at radius 2 is 1.68 bits per heavy atom. The molecule has 0 bridgehead atoms. The molecule has 106 valence electrons. The molecule has 2 unspecified atom stereocenters.